The summed E-state index contributed by atoms with van der Waals surface area (Å²) < 4.78 is 14.2. The normalized spacial score (nSPS) is 36.0. The summed E-state index contributed by atoms with van der Waals surface area (Å²) in [5.41, 5.74) is 3.12. The Morgan fingerprint density at radius 2 is 2.12 bits per heavy atom. The molecular formula is C23H29FO2. The summed E-state index contributed by atoms with van der Waals surface area (Å²) in [7, 11) is 0. The van der Waals surface area contributed by atoms with Crippen molar-refractivity contribution in [2.45, 2.75) is 70.4 Å². The SMILES string of the molecule is C=CCc1cc2c(cc1O)CC[C@@H]1[C@@H]2CC[C@]2(CC)C(=O)C(F)CC[C@@H]12. The Kier molecular flexibility index (Phi) is 4.45. The zero-order valence-electron chi connectivity index (χ0n) is 15.6. The van der Waals surface area contributed by atoms with Crippen molar-refractivity contribution in [2.24, 2.45) is 17.3 Å². The summed E-state index contributed by atoms with van der Waals surface area (Å²) in [6.07, 6.45) is 7.01. The molecule has 3 aliphatic carbocycles. The maximum Gasteiger partial charge on any atom is 0.173 e. The van der Waals surface area contributed by atoms with Crippen molar-refractivity contribution in [2.75, 3.05) is 0 Å². The Bertz CT molecular complexity index is 740. The van der Waals surface area contributed by atoms with E-state index in [0.29, 0.717) is 36.3 Å². The minimum atomic E-state index is -1.25. The highest BCUT2D eigenvalue weighted by molar-refractivity contribution is 5.90. The third-order valence-corrected chi connectivity index (χ3v) is 7.63. The molecule has 1 N–H and O–H groups in total. The standard InChI is InChI=1S/C23H29FO2/c1-3-5-15-12-18-14(13-21(15)25)6-7-17-16(18)10-11-23(4-2)19(17)8-9-20(24)22(23)26/h3,12-13,16-17,19-20,25H,1,4-11H2,2H3/t16-,17+,19-,20?,23-/m0/s1. The molecule has 3 aliphatic rings. The number of hydrogen-bond acceptors (Lipinski definition) is 2. The van der Waals surface area contributed by atoms with Crippen LogP contribution in [0.4, 0.5) is 4.39 Å². The van der Waals surface area contributed by atoms with E-state index >= 15 is 0 Å². The highest BCUT2D eigenvalue weighted by atomic mass is 19.1. The van der Waals surface area contributed by atoms with Crippen molar-refractivity contribution in [1.29, 1.82) is 0 Å². The molecule has 2 nitrogen and oxygen atoms in total. The third-order valence-electron chi connectivity index (χ3n) is 7.63. The van der Waals surface area contributed by atoms with Crippen LogP contribution in [0.25, 0.3) is 0 Å². The van der Waals surface area contributed by atoms with Gasteiger partial charge in [-0.25, -0.2) is 4.39 Å². The predicted molar refractivity (Wildman–Crippen MR) is 101 cm³/mol. The van der Waals surface area contributed by atoms with Crippen LogP contribution in [0, 0.1) is 17.3 Å². The summed E-state index contributed by atoms with van der Waals surface area (Å²) in [6, 6.07) is 4.11. The van der Waals surface area contributed by atoms with Crippen LogP contribution in [-0.2, 0) is 17.6 Å². The van der Waals surface area contributed by atoms with E-state index in [0.717, 1.165) is 44.1 Å². The monoisotopic (exact) mass is 356 g/mol. The van der Waals surface area contributed by atoms with Crippen LogP contribution >= 0.6 is 0 Å². The Hall–Kier alpha value is -1.64. The van der Waals surface area contributed by atoms with Crippen molar-refractivity contribution < 1.29 is 14.3 Å². The summed E-state index contributed by atoms with van der Waals surface area (Å²) in [5, 5.41) is 10.3. The van der Waals surface area contributed by atoms with Gasteiger partial charge in [0.2, 0.25) is 0 Å². The highest BCUT2D eigenvalue weighted by Gasteiger charge is 2.57. The van der Waals surface area contributed by atoms with Crippen LogP contribution in [0.5, 0.6) is 5.75 Å². The van der Waals surface area contributed by atoms with Crippen LogP contribution in [-0.4, -0.2) is 17.1 Å². The topological polar surface area (TPSA) is 37.3 Å². The summed E-state index contributed by atoms with van der Waals surface area (Å²) >= 11 is 0. The van der Waals surface area contributed by atoms with Crippen LogP contribution in [0.15, 0.2) is 24.8 Å². The Morgan fingerprint density at radius 3 is 2.85 bits per heavy atom. The van der Waals surface area contributed by atoms with Gasteiger partial charge in [-0.1, -0.05) is 19.1 Å². The fraction of sp³-hybridized carbons (Fsp3) is 0.609. The zero-order chi connectivity index (χ0) is 18.5. The van der Waals surface area contributed by atoms with Crippen LogP contribution in [0.1, 0.15) is 68.1 Å². The lowest BCUT2D eigenvalue weighted by molar-refractivity contribution is -0.149. The van der Waals surface area contributed by atoms with Crippen LogP contribution < -0.4 is 0 Å². The van der Waals surface area contributed by atoms with Gasteiger partial charge < -0.3 is 5.11 Å². The molecule has 0 bridgehead atoms. The highest BCUT2D eigenvalue weighted by Crippen LogP contribution is 2.60. The Morgan fingerprint density at radius 1 is 1.31 bits per heavy atom. The fourth-order valence-electron chi connectivity index (χ4n) is 6.37. The number of aromatic hydroxyl groups is 1. The second kappa shape index (κ2) is 6.51. The maximum absolute atomic E-state index is 14.2. The first-order valence-electron chi connectivity index (χ1n) is 10.2. The molecule has 0 heterocycles. The molecule has 0 spiro atoms. The van der Waals surface area contributed by atoms with Gasteiger partial charge in [0, 0.05) is 5.41 Å². The average Bonchev–Trinajstić information content (AvgIpc) is 2.65. The van der Waals surface area contributed by atoms with Gasteiger partial charge in [0.25, 0.3) is 0 Å². The molecule has 1 unspecified atom stereocenters. The van der Waals surface area contributed by atoms with Crippen molar-refractivity contribution in [3.05, 3.63) is 41.5 Å². The van der Waals surface area contributed by atoms with Crippen molar-refractivity contribution in [3.8, 4) is 5.75 Å². The van der Waals surface area contributed by atoms with Gasteiger partial charge in [0.1, 0.15) is 5.75 Å². The number of Topliss-reactive ketones (excluding diaryl/α,β-unsaturated/α-hetero) is 1. The van der Waals surface area contributed by atoms with E-state index in [-0.39, 0.29) is 5.78 Å². The molecular weight excluding hydrogens is 327 g/mol. The number of benzene rings is 1. The van der Waals surface area contributed by atoms with Crippen LogP contribution in [0.3, 0.4) is 0 Å². The number of carbonyl (C=O) groups is 1. The lowest BCUT2D eigenvalue weighted by atomic mass is 9.49. The smallest absolute Gasteiger partial charge is 0.173 e. The summed E-state index contributed by atoms with van der Waals surface area (Å²) in [5.74, 6) is 1.48. The number of allylic oxidation sites excluding steroid dienone is 1. The van der Waals surface area contributed by atoms with Gasteiger partial charge in [-0.05, 0) is 91.9 Å². The first kappa shape index (κ1) is 17.8. The number of hydrogen-bond donors (Lipinski definition) is 1. The molecule has 2 saturated carbocycles. The molecule has 140 valence electrons. The number of halogens is 1. The van der Waals surface area contributed by atoms with E-state index in [2.05, 4.69) is 19.6 Å². The van der Waals surface area contributed by atoms with Gasteiger partial charge in [0.15, 0.2) is 12.0 Å². The minimum Gasteiger partial charge on any atom is -0.508 e. The van der Waals surface area contributed by atoms with Gasteiger partial charge in [-0.3, -0.25) is 4.79 Å². The average molecular weight is 356 g/mol. The molecule has 4 rings (SSSR count). The van der Waals surface area contributed by atoms with E-state index in [1.54, 1.807) is 0 Å². The van der Waals surface area contributed by atoms with Gasteiger partial charge in [-0.15, -0.1) is 6.58 Å². The second-order valence-corrected chi connectivity index (χ2v) is 8.55. The molecule has 3 heteroatoms. The zero-order valence-corrected chi connectivity index (χ0v) is 15.6. The minimum absolute atomic E-state index is 0.112. The van der Waals surface area contributed by atoms with E-state index in [4.69, 9.17) is 0 Å². The molecule has 0 aromatic heterocycles. The Labute approximate surface area is 155 Å². The number of aryl methyl sites for hydroxylation is 1. The summed E-state index contributed by atoms with van der Waals surface area (Å²) in [6.45, 7) is 5.87. The van der Waals surface area contributed by atoms with E-state index in [9.17, 15) is 14.3 Å². The molecule has 1 aromatic carbocycles. The largest absolute Gasteiger partial charge is 0.508 e. The quantitative estimate of drug-likeness (QED) is 0.749. The second-order valence-electron chi connectivity index (χ2n) is 8.55. The molecule has 0 radical (unpaired) electrons. The van der Waals surface area contributed by atoms with Crippen LogP contribution in [0.2, 0.25) is 0 Å². The van der Waals surface area contributed by atoms with E-state index < -0.39 is 11.6 Å². The number of phenolic OH excluding ortho intramolecular Hbond substituents is 1. The first-order valence-corrected chi connectivity index (χ1v) is 10.2. The van der Waals surface area contributed by atoms with Gasteiger partial charge >= 0.3 is 0 Å². The lowest BCUT2D eigenvalue weighted by Gasteiger charge is -2.55. The number of fused-ring (bicyclic) bond motifs is 5. The molecule has 1 aromatic rings. The van der Waals surface area contributed by atoms with Crippen molar-refractivity contribution in [3.63, 3.8) is 0 Å². The van der Waals surface area contributed by atoms with Gasteiger partial charge in [-0.2, -0.15) is 0 Å². The Balaban J connectivity index is 1.72. The molecule has 26 heavy (non-hydrogen) atoms. The molecule has 0 saturated heterocycles. The lowest BCUT2D eigenvalue weighted by Crippen LogP contribution is -2.53. The molecule has 0 amide bonds. The third kappa shape index (κ3) is 2.46. The summed E-state index contributed by atoms with van der Waals surface area (Å²) in [4.78, 5) is 12.8. The molecule has 2 fully saturated rings. The van der Waals surface area contributed by atoms with Crippen molar-refractivity contribution >= 4 is 5.78 Å². The first-order chi connectivity index (χ1) is 12.5. The van der Waals surface area contributed by atoms with E-state index in [1.807, 2.05) is 12.1 Å². The number of phenols is 1. The number of rotatable bonds is 3. The number of alkyl halides is 1. The van der Waals surface area contributed by atoms with Crippen molar-refractivity contribution in [1.82, 2.24) is 0 Å². The molecule has 5 atom stereocenters. The maximum atomic E-state index is 14.2. The fourth-order valence-corrected chi connectivity index (χ4v) is 6.37. The van der Waals surface area contributed by atoms with E-state index in [1.165, 1.54) is 11.1 Å². The van der Waals surface area contributed by atoms with Gasteiger partial charge in [0.05, 0.1) is 0 Å². The number of ketones is 1. The molecule has 0 aliphatic heterocycles. The predicted octanol–water partition coefficient (Wildman–Crippen LogP) is 5.27. The number of carbonyl (C=O) groups excluding carboxylic acids is 1.